The molecule has 0 radical (unpaired) electrons. The maximum absolute atomic E-state index is 12.3. The van der Waals surface area contributed by atoms with Crippen LogP contribution >= 0.6 is 0 Å². The van der Waals surface area contributed by atoms with Crippen molar-refractivity contribution in [3.63, 3.8) is 0 Å². The van der Waals surface area contributed by atoms with Crippen molar-refractivity contribution in [2.75, 3.05) is 5.32 Å². The van der Waals surface area contributed by atoms with Crippen LogP contribution in [-0.4, -0.2) is 11.7 Å². The van der Waals surface area contributed by atoms with Gasteiger partial charge >= 0.3 is 0 Å². The summed E-state index contributed by atoms with van der Waals surface area (Å²) in [6.07, 6.45) is 20.9. The Kier molecular flexibility index (Phi) is 14.4. The summed E-state index contributed by atoms with van der Waals surface area (Å²) in [5.41, 5.74) is 2.35. The molecule has 0 fully saturated rings. The summed E-state index contributed by atoms with van der Waals surface area (Å²) < 4.78 is 0. The summed E-state index contributed by atoms with van der Waals surface area (Å²) >= 11 is 0. The lowest BCUT2D eigenvalue weighted by molar-refractivity contribution is -0.116. The molecular weight excluding hydrogens is 418 g/mol. The van der Waals surface area contributed by atoms with Crippen LogP contribution in [-0.2, 0) is 4.79 Å². The third-order valence-electron chi connectivity index (χ3n) is 6.19. The molecule has 3 nitrogen and oxygen atoms in total. The summed E-state index contributed by atoms with van der Waals surface area (Å²) in [6, 6.07) is 16.9. The van der Waals surface area contributed by atoms with Gasteiger partial charge in [0.05, 0.1) is 0 Å². The third-order valence-corrected chi connectivity index (χ3v) is 6.19. The van der Waals surface area contributed by atoms with Gasteiger partial charge in [0.1, 0.15) is 0 Å². The molecule has 0 saturated carbocycles. The first-order valence-corrected chi connectivity index (χ1v) is 13.4. The Morgan fingerprint density at radius 2 is 1.21 bits per heavy atom. The van der Waals surface area contributed by atoms with Crippen molar-refractivity contribution in [1.82, 2.24) is 0 Å². The van der Waals surface area contributed by atoms with Gasteiger partial charge in [-0.15, -0.1) is 0 Å². The Morgan fingerprint density at radius 1 is 0.676 bits per heavy atom. The lowest BCUT2D eigenvalue weighted by Gasteiger charge is -2.06. The zero-order valence-corrected chi connectivity index (χ0v) is 21.1. The van der Waals surface area contributed by atoms with Crippen molar-refractivity contribution in [2.24, 2.45) is 0 Å². The molecule has 0 unspecified atom stereocenters. The first kappa shape index (κ1) is 27.6. The van der Waals surface area contributed by atoms with Crippen LogP contribution in [0.15, 0.2) is 60.7 Å². The molecule has 3 heteroatoms. The molecule has 0 aliphatic heterocycles. The van der Waals surface area contributed by atoms with Gasteiger partial charge in [-0.05, 0) is 42.3 Å². The van der Waals surface area contributed by atoms with Gasteiger partial charge < -0.3 is 5.32 Å². The van der Waals surface area contributed by atoms with Crippen LogP contribution in [0.1, 0.15) is 113 Å². The van der Waals surface area contributed by atoms with Crippen LogP contribution in [0, 0.1) is 0 Å². The second kappa shape index (κ2) is 17.8. The average Bonchev–Trinajstić information content (AvgIpc) is 2.86. The van der Waals surface area contributed by atoms with Crippen LogP contribution < -0.4 is 5.32 Å². The molecule has 0 aliphatic carbocycles. The molecule has 0 spiro atoms. The fraction of sp³-hybridized carbons (Fsp3) is 0.484. The van der Waals surface area contributed by atoms with Crippen molar-refractivity contribution in [3.05, 3.63) is 71.8 Å². The van der Waals surface area contributed by atoms with Gasteiger partial charge in [0, 0.05) is 17.7 Å². The number of unbranched alkanes of at least 4 members (excludes halogenated alkanes) is 12. The number of hydrogen-bond acceptors (Lipinski definition) is 2. The topological polar surface area (TPSA) is 46.2 Å². The lowest BCUT2D eigenvalue weighted by Crippen LogP contribution is -2.11. The minimum atomic E-state index is -0.0475. The zero-order valence-electron chi connectivity index (χ0n) is 21.1. The van der Waals surface area contributed by atoms with Crippen LogP contribution in [0.3, 0.4) is 0 Å². The van der Waals surface area contributed by atoms with Gasteiger partial charge in [0.2, 0.25) is 5.91 Å². The van der Waals surface area contributed by atoms with E-state index in [1.54, 1.807) is 30.3 Å². The van der Waals surface area contributed by atoms with Gasteiger partial charge in [0.15, 0.2) is 5.78 Å². The van der Waals surface area contributed by atoms with Crippen molar-refractivity contribution in [2.45, 2.75) is 96.8 Å². The van der Waals surface area contributed by atoms with Crippen LogP contribution in [0.2, 0.25) is 0 Å². The van der Waals surface area contributed by atoms with E-state index in [0.717, 1.165) is 24.1 Å². The first-order valence-electron chi connectivity index (χ1n) is 13.4. The molecule has 0 heterocycles. The fourth-order valence-corrected chi connectivity index (χ4v) is 4.08. The van der Waals surface area contributed by atoms with Crippen molar-refractivity contribution in [1.29, 1.82) is 0 Å². The van der Waals surface area contributed by atoms with E-state index in [4.69, 9.17) is 0 Å². The molecule has 2 rings (SSSR count). The number of hydrogen-bond donors (Lipinski definition) is 1. The Bertz CT molecular complexity index is 839. The Balaban J connectivity index is 1.52. The Hall–Kier alpha value is -2.68. The van der Waals surface area contributed by atoms with Crippen molar-refractivity contribution >= 4 is 23.5 Å². The van der Waals surface area contributed by atoms with Gasteiger partial charge in [-0.3, -0.25) is 9.59 Å². The van der Waals surface area contributed by atoms with Crippen molar-refractivity contribution < 1.29 is 9.59 Å². The second-order valence-corrected chi connectivity index (χ2v) is 9.23. The summed E-state index contributed by atoms with van der Waals surface area (Å²) in [5.74, 6) is -0.000161. The van der Waals surface area contributed by atoms with Crippen molar-refractivity contribution in [3.8, 4) is 0 Å². The molecule has 0 saturated heterocycles. The standard InChI is InChI=1S/C31H43NO2/c1-2-3-4-5-6-7-8-9-10-11-12-13-17-20-31(34)32-29-24-22-28(23-25-29)30(33)26-21-27-18-15-14-16-19-27/h14-16,18-19,21-26H,2-13,17,20H2,1H3,(H,32,34)/b26-21+. The van der Waals surface area contributed by atoms with E-state index in [-0.39, 0.29) is 11.7 Å². The minimum absolute atomic E-state index is 0.0473. The molecule has 0 bridgehead atoms. The van der Waals surface area contributed by atoms with Gasteiger partial charge in [-0.2, -0.15) is 0 Å². The molecule has 0 atom stereocenters. The van der Waals surface area contributed by atoms with E-state index in [0.29, 0.717) is 12.0 Å². The van der Waals surface area contributed by atoms with Crippen LogP contribution in [0.5, 0.6) is 0 Å². The van der Waals surface area contributed by atoms with E-state index in [1.807, 2.05) is 36.4 Å². The number of amides is 1. The highest BCUT2D eigenvalue weighted by Crippen LogP contribution is 2.15. The molecule has 0 aromatic heterocycles. The highest BCUT2D eigenvalue weighted by atomic mass is 16.1. The first-order chi connectivity index (χ1) is 16.7. The minimum Gasteiger partial charge on any atom is -0.326 e. The quantitative estimate of drug-likeness (QED) is 0.137. The SMILES string of the molecule is CCCCCCCCCCCCCCCC(=O)Nc1ccc(C(=O)/C=C/c2ccccc2)cc1. The predicted molar refractivity (Wildman–Crippen MR) is 145 cm³/mol. The zero-order chi connectivity index (χ0) is 24.3. The summed E-state index contributed by atoms with van der Waals surface area (Å²) in [6.45, 7) is 2.27. The maximum Gasteiger partial charge on any atom is 0.224 e. The number of anilines is 1. The normalized spacial score (nSPS) is 11.1. The monoisotopic (exact) mass is 461 g/mol. The van der Waals surface area contributed by atoms with E-state index in [9.17, 15) is 9.59 Å². The van der Waals surface area contributed by atoms with Crippen LogP contribution in [0.4, 0.5) is 5.69 Å². The third kappa shape index (κ3) is 12.5. The molecular formula is C31H43NO2. The Morgan fingerprint density at radius 3 is 1.76 bits per heavy atom. The smallest absolute Gasteiger partial charge is 0.224 e. The number of rotatable bonds is 18. The van der Waals surface area contributed by atoms with Gasteiger partial charge in [0.25, 0.3) is 0 Å². The molecule has 2 aromatic carbocycles. The van der Waals surface area contributed by atoms with E-state index < -0.39 is 0 Å². The highest BCUT2D eigenvalue weighted by Gasteiger charge is 2.05. The maximum atomic E-state index is 12.3. The molecule has 1 amide bonds. The highest BCUT2D eigenvalue weighted by molar-refractivity contribution is 6.07. The fourth-order valence-electron chi connectivity index (χ4n) is 4.08. The number of benzene rings is 2. The number of carbonyl (C=O) groups is 2. The lowest BCUT2D eigenvalue weighted by atomic mass is 10.0. The molecule has 34 heavy (non-hydrogen) atoms. The largest absolute Gasteiger partial charge is 0.326 e. The number of carbonyl (C=O) groups excluding carboxylic acids is 2. The summed E-state index contributed by atoms with van der Waals surface area (Å²) in [7, 11) is 0. The second-order valence-electron chi connectivity index (χ2n) is 9.23. The van der Waals surface area contributed by atoms with Gasteiger partial charge in [-0.1, -0.05) is 120 Å². The van der Waals surface area contributed by atoms with E-state index in [1.165, 1.54) is 70.6 Å². The molecule has 0 aliphatic rings. The predicted octanol–water partition coefficient (Wildman–Crippen LogP) is 9.00. The average molecular weight is 462 g/mol. The Labute approximate surface area is 207 Å². The number of ketones is 1. The number of allylic oxidation sites excluding steroid dienone is 1. The summed E-state index contributed by atoms with van der Waals surface area (Å²) in [4.78, 5) is 24.5. The molecule has 184 valence electrons. The molecule has 2 aromatic rings. The van der Waals surface area contributed by atoms with Gasteiger partial charge in [-0.25, -0.2) is 0 Å². The summed E-state index contributed by atoms with van der Waals surface area (Å²) in [5, 5.41) is 2.94. The van der Waals surface area contributed by atoms with E-state index >= 15 is 0 Å². The van der Waals surface area contributed by atoms with Crippen LogP contribution in [0.25, 0.3) is 6.08 Å². The van der Waals surface area contributed by atoms with E-state index in [2.05, 4.69) is 12.2 Å². The number of nitrogens with one attached hydrogen (secondary N) is 1. The molecule has 1 N–H and O–H groups in total.